The summed E-state index contributed by atoms with van der Waals surface area (Å²) >= 11 is 0. The molecule has 1 N–H and O–H groups in total. The van der Waals surface area contributed by atoms with Gasteiger partial charge in [-0.05, 0) is 90.3 Å². The van der Waals surface area contributed by atoms with E-state index < -0.39 is 0 Å². The van der Waals surface area contributed by atoms with Gasteiger partial charge in [0.25, 0.3) is 0 Å². The van der Waals surface area contributed by atoms with Gasteiger partial charge in [-0.3, -0.25) is 4.98 Å². The summed E-state index contributed by atoms with van der Waals surface area (Å²) in [6, 6.07) is 19.8. The third-order valence-corrected chi connectivity index (χ3v) is 7.46. The minimum atomic E-state index is -0.188. The summed E-state index contributed by atoms with van der Waals surface area (Å²) in [6.07, 6.45) is 6.42. The van der Waals surface area contributed by atoms with E-state index in [1.165, 1.54) is 22.4 Å². The van der Waals surface area contributed by atoms with E-state index in [9.17, 15) is 4.39 Å². The fourth-order valence-corrected chi connectivity index (χ4v) is 5.58. The zero-order valence-corrected chi connectivity index (χ0v) is 18.2. The van der Waals surface area contributed by atoms with Crippen molar-refractivity contribution in [3.05, 3.63) is 84.1 Å². The number of pyridine rings is 1. The third kappa shape index (κ3) is 3.35. The van der Waals surface area contributed by atoms with Crippen molar-refractivity contribution in [3.63, 3.8) is 0 Å². The van der Waals surface area contributed by atoms with Gasteiger partial charge in [0.1, 0.15) is 11.6 Å². The molecule has 3 nitrogen and oxygen atoms in total. The second-order valence-electron chi connectivity index (χ2n) is 9.30. The number of hydrogen-bond acceptors (Lipinski definition) is 2. The van der Waals surface area contributed by atoms with Gasteiger partial charge in [0.2, 0.25) is 0 Å². The lowest BCUT2D eigenvalue weighted by Crippen LogP contribution is -2.19. The van der Waals surface area contributed by atoms with Crippen molar-refractivity contribution in [2.75, 3.05) is 0 Å². The van der Waals surface area contributed by atoms with Crippen LogP contribution in [0.1, 0.15) is 55.8 Å². The fourth-order valence-electron chi connectivity index (χ4n) is 5.58. The first-order valence-electron chi connectivity index (χ1n) is 11.6. The van der Waals surface area contributed by atoms with Crippen LogP contribution in [0.5, 0.6) is 0 Å². The van der Waals surface area contributed by atoms with Gasteiger partial charge in [0.05, 0.1) is 16.6 Å². The first-order chi connectivity index (χ1) is 15.7. The number of H-pyrrole nitrogens is 1. The molecular formula is C28H26FN3. The largest absolute Gasteiger partial charge is 0.342 e. The summed E-state index contributed by atoms with van der Waals surface area (Å²) < 4.78 is 13.9. The Labute approximate surface area is 186 Å². The molecule has 32 heavy (non-hydrogen) atoms. The van der Waals surface area contributed by atoms with E-state index in [2.05, 4.69) is 59.4 Å². The Morgan fingerprint density at radius 3 is 2.50 bits per heavy atom. The Hall–Kier alpha value is -3.27. The van der Waals surface area contributed by atoms with Crippen LogP contribution < -0.4 is 0 Å². The Kier molecular flexibility index (Phi) is 4.67. The normalized spacial score (nSPS) is 20.2. The number of nitrogens with zero attached hydrogens (tertiary/aromatic N) is 2. The molecule has 1 aliphatic carbocycles. The Morgan fingerprint density at radius 1 is 0.906 bits per heavy atom. The van der Waals surface area contributed by atoms with Gasteiger partial charge in [-0.15, -0.1) is 0 Å². The molecule has 4 heteroatoms. The van der Waals surface area contributed by atoms with Crippen LogP contribution in [0, 0.1) is 11.7 Å². The minimum absolute atomic E-state index is 0.188. The van der Waals surface area contributed by atoms with E-state index in [1.54, 1.807) is 12.1 Å². The van der Waals surface area contributed by atoms with Crippen LogP contribution in [0.15, 0.2) is 66.9 Å². The predicted octanol–water partition coefficient (Wildman–Crippen LogP) is 7.48. The van der Waals surface area contributed by atoms with E-state index in [0.29, 0.717) is 17.8 Å². The van der Waals surface area contributed by atoms with Gasteiger partial charge in [-0.25, -0.2) is 9.37 Å². The number of fused-ring (bicyclic) bond motifs is 3. The van der Waals surface area contributed by atoms with Crippen molar-refractivity contribution in [1.29, 1.82) is 0 Å². The van der Waals surface area contributed by atoms with Crippen molar-refractivity contribution >= 4 is 32.7 Å². The summed E-state index contributed by atoms with van der Waals surface area (Å²) in [5.41, 5.74) is 4.29. The molecule has 2 aromatic heterocycles. The molecule has 1 aliphatic rings. The van der Waals surface area contributed by atoms with Crippen LogP contribution in [0.2, 0.25) is 0 Å². The van der Waals surface area contributed by atoms with Crippen molar-refractivity contribution < 1.29 is 4.39 Å². The number of halogens is 1. The molecule has 1 fully saturated rings. The number of aromatic nitrogens is 3. The van der Waals surface area contributed by atoms with Gasteiger partial charge >= 0.3 is 0 Å². The molecule has 2 heterocycles. The average Bonchev–Trinajstić information content (AvgIpc) is 3.24. The van der Waals surface area contributed by atoms with Gasteiger partial charge in [0, 0.05) is 17.5 Å². The molecule has 160 valence electrons. The Morgan fingerprint density at radius 2 is 1.69 bits per heavy atom. The molecule has 1 atom stereocenters. The lowest BCUT2D eigenvalue weighted by molar-refractivity contribution is 0.286. The smallest absolute Gasteiger partial charge is 0.123 e. The quantitative estimate of drug-likeness (QED) is 0.327. The summed E-state index contributed by atoms with van der Waals surface area (Å²) in [6.45, 7) is 2.31. The lowest BCUT2D eigenvalue weighted by Gasteiger charge is -2.32. The maximum atomic E-state index is 13.9. The van der Waals surface area contributed by atoms with E-state index in [4.69, 9.17) is 4.98 Å². The molecule has 3 aromatic carbocycles. The SMILES string of the molecule is CC(c1nc2cc3ccccc3cc2[nH]1)[C@H]1CC[C@@H](c2ccnc3ccc(F)cc32)CC1. The van der Waals surface area contributed by atoms with Crippen LogP contribution in [0.4, 0.5) is 4.39 Å². The Bertz CT molecular complexity index is 1380. The zero-order chi connectivity index (χ0) is 21.7. The molecule has 0 spiro atoms. The molecule has 0 bridgehead atoms. The molecule has 0 aliphatic heterocycles. The summed E-state index contributed by atoms with van der Waals surface area (Å²) in [4.78, 5) is 13.0. The standard InChI is InChI=1S/C28H26FN3/c1-17(28-31-26-14-20-4-2-3-5-21(20)15-27(26)32-28)18-6-8-19(9-7-18)23-12-13-30-25-11-10-22(29)16-24(23)25/h2-5,10-19H,6-9H2,1H3,(H,31,32)/t17?,18-,19+. The van der Waals surface area contributed by atoms with E-state index in [0.717, 1.165) is 53.4 Å². The predicted molar refractivity (Wildman–Crippen MR) is 128 cm³/mol. The maximum absolute atomic E-state index is 13.9. The number of aromatic amines is 1. The molecule has 1 unspecified atom stereocenters. The van der Waals surface area contributed by atoms with E-state index in [1.807, 2.05) is 6.20 Å². The first kappa shape index (κ1) is 19.4. The monoisotopic (exact) mass is 423 g/mol. The van der Waals surface area contributed by atoms with Crippen molar-refractivity contribution in [3.8, 4) is 0 Å². The highest BCUT2D eigenvalue weighted by atomic mass is 19.1. The highest BCUT2D eigenvalue weighted by molar-refractivity contribution is 5.95. The topological polar surface area (TPSA) is 41.6 Å². The maximum Gasteiger partial charge on any atom is 0.123 e. The van der Waals surface area contributed by atoms with Gasteiger partial charge < -0.3 is 4.98 Å². The van der Waals surface area contributed by atoms with Crippen LogP contribution in [0.3, 0.4) is 0 Å². The van der Waals surface area contributed by atoms with Crippen molar-refractivity contribution in [1.82, 2.24) is 15.0 Å². The average molecular weight is 424 g/mol. The second-order valence-corrected chi connectivity index (χ2v) is 9.30. The highest BCUT2D eigenvalue weighted by Gasteiger charge is 2.29. The third-order valence-electron chi connectivity index (χ3n) is 7.46. The van der Waals surface area contributed by atoms with E-state index in [-0.39, 0.29) is 5.82 Å². The number of benzene rings is 3. The highest BCUT2D eigenvalue weighted by Crippen LogP contribution is 2.43. The van der Waals surface area contributed by atoms with Crippen LogP contribution >= 0.6 is 0 Å². The molecule has 1 saturated carbocycles. The van der Waals surface area contributed by atoms with Crippen LogP contribution in [-0.4, -0.2) is 15.0 Å². The number of rotatable bonds is 3. The van der Waals surface area contributed by atoms with Gasteiger partial charge in [-0.2, -0.15) is 0 Å². The van der Waals surface area contributed by atoms with Crippen molar-refractivity contribution in [2.24, 2.45) is 5.92 Å². The number of imidazole rings is 1. The van der Waals surface area contributed by atoms with Gasteiger partial charge in [-0.1, -0.05) is 31.2 Å². The second kappa shape index (κ2) is 7.70. The first-order valence-corrected chi connectivity index (χ1v) is 11.6. The lowest BCUT2D eigenvalue weighted by atomic mass is 9.73. The van der Waals surface area contributed by atoms with E-state index >= 15 is 0 Å². The summed E-state index contributed by atoms with van der Waals surface area (Å²) in [7, 11) is 0. The number of hydrogen-bond donors (Lipinski definition) is 1. The van der Waals surface area contributed by atoms with Crippen LogP contribution in [0.25, 0.3) is 32.7 Å². The summed E-state index contributed by atoms with van der Waals surface area (Å²) in [5.74, 6) is 2.36. The molecule has 0 radical (unpaired) electrons. The number of nitrogens with one attached hydrogen (secondary N) is 1. The zero-order valence-electron chi connectivity index (χ0n) is 18.2. The molecule has 6 rings (SSSR count). The minimum Gasteiger partial charge on any atom is -0.342 e. The fraction of sp³-hybridized carbons (Fsp3) is 0.286. The summed E-state index contributed by atoms with van der Waals surface area (Å²) in [5, 5.41) is 3.44. The van der Waals surface area contributed by atoms with Crippen molar-refractivity contribution in [2.45, 2.75) is 44.4 Å². The molecule has 5 aromatic rings. The molecule has 0 saturated heterocycles. The van der Waals surface area contributed by atoms with Crippen LogP contribution in [-0.2, 0) is 0 Å². The molecule has 0 amide bonds. The Balaban J connectivity index is 1.22. The molecular weight excluding hydrogens is 397 g/mol. The van der Waals surface area contributed by atoms with Gasteiger partial charge in [0.15, 0.2) is 0 Å².